The third-order valence-electron chi connectivity index (χ3n) is 3.28. The Morgan fingerprint density at radius 1 is 0.833 bits per heavy atom. The lowest BCUT2D eigenvalue weighted by molar-refractivity contribution is 1.06. The summed E-state index contributed by atoms with van der Waals surface area (Å²) in [5.74, 6) is 0. The zero-order chi connectivity index (χ0) is 12.2. The van der Waals surface area contributed by atoms with Gasteiger partial charge in [0.2, 0.25) is 0 Å². The van der Waals surface area contributed by atoms with Gasteiger partial charge in [0.05, 0.1) is 0 Å². The average molecular weight is 233 g/mol. The smallest absolute Gasteiger partial charge is 0.0273 e. The van der Waals surface area contributed by atoms with E-state index in [-0.39, 0.29) is 0 Å². The number of aromatic nitrogens is 1. The van der Waals surface area contributed by atoms with Crippen LogP contribution in [0.3, 0.4) is 0 Å². The molecule has 2 aromatic rings. The van der Waals surface area contributed by atoms with Gasteiger partial charge in [0.15, 0.2) is 0 Å². The highest BCUT2D eigenvalue weighted by atomic mass is 14.6. The second-order valence-electron chi connectivity index (χ2n) is 4.44. The van der Waals surface area contributed by atoms with E-state index >= 15 is 0 Å². The van der Waals surface area contributed by atoms with Crippen molar-refractivity contribution in [2.45, 2.75) is 12.8 Å². The molecule has 0 amide bonds. The van der Waals surface area contributed by atoms with Crippen LogP contribution in [0.25, 0.3) is 11.1 Å². The lowest BCUT2D eigenvalue weighted by Crippen LogP contribution is -1.95. The molecule has 3 rings (SSSR count). The molecule has 88 valence electrons. The predicted octanol–water partition coefficient (Wildman–Crippen LogP) is 4.34. The summed E-state index contributed by atoms with van der Waals surface area (Å²) in [6.07, 6.45) is 10.5. The Bertz CT molecular complexity index is 580. The van der Waals surface area contributed by atoms with Crippen molar-refractivity contribution >= 4 is 11.1 Å². The summed E-state index contributed by atoms with van der Waals surface area (Å²) in [6.45, 7) is 0. The van der Waals surface area contributed by atoms with Crippen LogP contribution in [0.1, 0.15) is 24.0 Å². The number of rotatable bonds is 2. The Balaban J connectivity index is 2.13. The van der Waals surface area contributed by atoms with Gasteiger partial charge in [-0.15, -0.1) is 0 Å². The van der Waals surface area contributed by atoms with E-state index in [1.807, 2.05) is 12.4 Å². The van der Waals surface area contributed by atoms with E-state index < -0.39 is 0 Å². The van der Waals surface area contributed by atoms with Gasteiger partial charge in [0.25, 0.3) is 0 Å². The van der Waals surface area contributed by atoms with Crippen LogP contribution in [0, 0.1) is 0 Å². The highest BCUT2D eigenvalue weighted by Gasteiger charge is 2.11. The SMILES string of the molecule is C1=CC(c2ccccc2)=C(c2ccncc2)CC1. The standard InChI is InChI=1S/C17H15N/c1-2-6-14(7-3-1)16-8-4-5-9-17(16)15-10-12-18-13-11-15/h1-4,6-8,10-13H,5,9H2. The van der Waals surface area contributed by atoms with Crippen molar-refractivity contribution < 1.29 is 0 Å². The van der Waals surface area contributed by atoms with Crippen LogP contribution in [0.4, 0.5) is 0 Å². The Morgan fingerprint density at radius 3 is 2.39 bits per heavy atom. The van der Waals surface area contributed by atoms with Gasteiger partial charge in [-0.3, -0.25) is 4.98 Å². The van der Waals surface area contributed by atoms with E-state index in [0.717, 1.165) is 12.8 Å². The molecular weight excluding hydrogens is 218 g/mol. The molecule has 0 spiro atoms. The van der Waals surface area contributed by atoms with Gasteiger partial charge in [-0.2, -0.15) is 0 Å². The normalized spacial score (nSPS) is 14.9. The summed E-state index contributed by atoms with van der Waals surface area (Å²) in [4.78, 5) is 4.10. The van der Waals surface area contributed by atoms with Crippen LogP contribution in [0.5, 0.6) is 0 Å². The second-order valence-corrected chi connectivity index (χ2v) is 4.44. The van der Waals surface area contributed by atoms with Crippen molar-refractivity contribution in [3.05, 3.63) is 78.1 Å². The quantitative estimate of drug-likeness (QED) is 0.751. The molecule has 0 radical (unpaired) electrons. The molecule has 1 aliphatic rings. The molecule has 0 saturated heterocycles. The maximum absolute atomic E-state index is 4.10. The summed E-state index contributed by atoms with van der Waals surface area (Å²) >= 11 is 0. The number of allylic oxidation sites excluding steroid dienone is 4. The molecule has 0 fully saturated rings. The van der Waals surface area contributed by atoms with E-state index in [9.17, 15) is 0 Å². The van der Waals surface area contributed by atoms with Crippen molar-refractivity contribution in [1.82, 2.24) is 4.98 Å². The maximum atomic E-state index is 4.10. The first-order valence-electron chi connectivity index (χ1n) is 6.30. The molecule has 0 N–H and O–H groups in total. The molecule has 0 unspecified atom stereocenters. The topological polar surface area (TPSA) is 12.9 Å². The Labute approximate surface area is 108 Å². The molecule has 0 saturated carbocycles. The maximum Gasteiger partial charge on any atom is 0.0273 e. The number of benzene rings is 1. The first-order chi connectivity index (χ1) is 8.95. The van der Waals surface area contributed by atoms with E-state index in [0.29, 0.717) is 0 Å². The first-order valence-corrected chi connectivity index (χ1v) is 6.30. The van der Waals surface area contributed by atoms with E-state index in [1.54, 1.807) is 0 Å². The van der Waals surface area contributed by atoms with E-state index in [4.69, 9.17) is 0 Å². The number of hydrogen-bond acceptors (Lipinski definition) is 1. The van der Waals surface area contributed by atoms with Crippen molar-refractivity contribution in [3.63, 3.8) is 0 Å². The van der Waals surface area contributed by atoms with E-state index in [2.05, 4.69) is 59.6 Å². The zero-order valence-electron chi connectivity index (χ0n) is 10.2. The number of pyridine rings is 1. The lowest BCUT2D eigenvalue weighted by Gasteiger charge is -2.16. The molecule has 1 nitrogen and oxygen atoms in total. The molecule has 1 heterocycles. The van der Waals surface area contributed by atoms with Crippen molar-refractivity contribution in [2.24, 2.45) is 0 Å². The molecule has 0 bridgehead atoms. The fourth-order valence-corrected chi connectivity index (χ4v) is 2.41. The minimum atomic E-state index is 1.10. The van der Waals surface area contributed by atoms with Gasteiger partial charge in [0.1, 0.15) is 0 Å². The number of hydrogen-bond donors (Lipinski definition) is 0. The molecule has 0 atom stereocenters. The van der Waals surface area contributed by atoms with Gasteiger partial charge in [-0.05, 0) is 47.2 Å². The Kier molecular flexibility index (Phi) is 3.05. The molecule has 18 heavy (non-hydrogen) atoms. The first kappa shape index (κ1) is 11.0. The highest BCUT2D eigenvalue weighted by Crippen LogP contribution is 2.33. The molecule has 0 aliphatic heterocycles. The Morgan fingerprint density at radius 2 is 1.61 bits per heavy atom. The average Bonchev–Trinajstić information content (AvgIpc) is 2.49. The minimum absolute atomic E-state index is 1.10. The summed E-state index contributed by atoms with van der Waals surface area (Å²) in [5.41, 5.74) is 5.34. The summed E-state index contributed by atoms with van der Waals surface area (Å²) in [6, 6.07) is 14.8. The van der Waals surface area contributed by atoms with Crippen LogP contribution >= 0.6 is 0 Å². The second kappa shape index (κ2) is 5.01. The van der Waals surface area contributed by atoms with Gasteiger partial charge in [-0.1, -0.05) is 42.5 Å². The van der Waals surface area contributed by atoms with Gasteiger partial charge in [-0.25, -0.2) is 0 Å². The fraction of sp³-hybridized carbons (Fsp3) is 0.118. The van der Waals surface area contributed by atoms with Crippen LogP contribution in [0.15, 0.2) is 67.0 Å². The molecule has 1 aromatic carbocycles. The van der Waals surface area contributed by atoms with Crippen molar-refractivity contribution in [3.8, 4) is 0 Å². The third-order valence-corrected chi connectivity index (χ3v) is 3.28. The third kappa shape index (κ3) is 2.12. The van der Waals surface area contributed by atoms with Gasteiger partial charge < -0.3 is 0 Å². The largest absolute Gasteiger partial charge is 0.265 e. The van der Waals surface area contributed by atoms with Gasteiger partial charge in [0, 0.05) is 12.4 Å². The highest BCUT2D eigenvalue weighted by molar-refractivity contribution is 5.96. The van der Waals surface area contributed by atoms with Crippen molar-refractivity contribution in [2.75, 3.05) is 0 Å². The monoisotopic (exact) mass is 233 g/mol. The summed E-state index contributed by atoms with van der Waals surface area (Å²) in [5, 5.41) is 0. The minimum Gasteiger partial charge on any atom is -0.265 e. The van der Waals surface area contributed by atoms with Crippen LogP contribution in [-0.4, -0.2) is 4.98 Å². The zero-order valence-corrected chi connectivity index (χ0v) is 10.2. The Hall–Kier alpha value is -2.15. The van der Waals surface area contributed by atoms with Crippen LogP contribution in [-0.2, 0) is 0 Å². The molecular formula is C17H15N. The predicted molar refractivity (Wildman–Crippen MR) is 75.9 cm³/mol. The summed E-state index contributed by atoms with van der Waals surface area (Å²) in [7, 11) is 0. The summed E-state index contributed by atoms with van der Waals surface area (Å²) < 4.78 is 0. The van der Waals surface area contributed by atoms with Crippen molar-refractivity contribution in [1.29, 1.82) is 0 Å². The van der Waals surface area contributed by atoms with Gasteiger partial charge >= 0.3 is 0 Å². The van der Waals surface area contributed by atoms with Crippen LogP contribution in [0.2, 0.25) is 0 Å². The van der Waals surface area contributed by atoms with E-state index in [1.165, 1.54) is 22.3 Å². The molecule has 1 aliphatic carbocycles. The lowest BCUT2D eigenvalue weighted by atomic mass is 9.88. The molecule has 1 heteroatoms. The van der Waals surface area contributed by atoms with Crippen LogP contribution < -0.4 is 0 Å². The fourth-order valence-electron chi connectivity index (χ4n) is 2.41. The molecule has 1 aromatic heterocycles. The number of nitrogens with zero attached hydrogens (tertiary/aromatic N) is 1.